The normalized spacial score (nSPS) is 16.3. The van der Waals surface area contributed by atoms with E-state index in [0.29, 0.717) is 0 Å². The average Bonchev–Trinajstić information content (AvgIpc) is 2.50. The van der Waals surface area contributed by atoms with Crippen molar-refractivity contribution in [1.29, 1.82) is 0 Å². The van der Waals surface area contributed by atoms with Crippen molar-refractivity contribution in [3.63, 3.8) is 0 Å². The molecule has 0 fully saturated rings. The van der Waals surface area contributed by atoms with Gasteiger partial charge in [0.25, 0.3) is 0 Å². The third kappa shape index (κ3) is 3.68. The largest absolute Gasteiger partial charge is 0.460 e. The first kappa shape index (κ1) is 27.8. The van der Waals surface area contributed by atoms with Crippen LogP contribution in [0.5, 0.6) is 0 Å². The minimum absolute atomic E-state index is 1.46. The molecule has 0 saturated carbocycles. The third-order valence-corrected chi connectivity index (χ3v) is 3.44. The third-order valence-electron chi connectivity index (χ3n) is 3.44. The van der Waals surface area contributed by atoms with Crippen LogP contribution < -0.4 is 0 Å². The molecule has 0 bridgehead atoms. The van der Waals surface area contributed by atoms with Gasteiger partial charge in [0.15, 0.2) is 0 Å². The average molecular weight is 478 g/mol. The van der Waals surface area contributed by atoms with Gasteiger partial charge in [-0.15, -0.1) is 0 Å². The SMILES string of the molecule is OCCCC(F)(F)C(F)(F)C(F)(F)C(F)(F)C(F)(F)C(F)(F)C(F)(F)C(F)(F)F. The highest BCUT2D eigenvalue weighted by Gasteiger charge is 2.95. The maximum atomic E-state index is 13.2. The number of alkyl halides is 17. The van der Waals surface area contributed by atoms with Crippen molar-refractivity contribution < 1.29 is 79.7 Å². The lowest BCUT2D eigenvalue weighted by molar-refractivity contribution is -0.461. The molecule has 0 aliphatic rings. The second-order valence-electron chi connectivity index (χ2n) is 5.48. The van der Waals surface area contributed by atoms with Gasteiger partial charge in [-0.1, -0.05) is 0 Å². The Hall–Kier alpha value is -1.23. The fourth-order valence-corrected chi connectivity index (χ4v) is 1.65. The van der Waals surface area contributed by atoms with Crippen LogP contribution in [-0.4, -0.2) is 59.3 Å². The second kappa shape index (κ2) is 7.18. The van der Waals surface area contributed by atoms with Gasteiger partial charge in [0.2, 0.25) is 0 Å². The van der Waals surface area contributed by atoms with Gasteiger partial charge < -0.3 is 5.11 Å². The molecule has 0 rings (SSSR count). The molecule has 0 aliphatic carbocycles. The molecule has 0 unspecified atom stereocenters. The molecule has 1 nitrogen and oxygen atoms in total. The molecule has 0 aliphatic heterocycles. The van der Waals surface area contributed by atoms with E-state index in [4.69, 9.17) is 5.11 Å². The summed E-state index contributed by atoms with van der Waals surface area (Å²) in [5.74, 6) is -56.2. The fourth-order valence-electron chi connectivity index (χ4n) is 1.65. The molecule has 0 heterocycles. The van der Waals surface area contributed by atoms with E-state index in [9.17, 15) is 74.6 Å². The van der Waals surface area contributed by atoms with Crippen molar-refractivity contribution in [2.75, 3.05) is 6.61 Å². The molecule has 29 heavy (non-hydrogen) atoms. The Morgan fingerprint density at radius 3 is 0.966 bits per heavy atom. The van der Waals surface area contributed by atoms with Crippen LogP contribution in [0.3, 0.4) is 0 Å². The Morgan fingerprint density at radius 2 is 0.690 bits per heavy atom. The van der Waals surface area contributed by atoms with Crippen molar-refractivity contribution in [3.05, 3.63) is 0 Å². The predicted octanol–water partition coefficient (Wildman–Crippen LogP) is 5.77. The van der Waals surface area contributed by atoms with Gasteiger partial charge >= 0.3 is 47.6 Å². The molecule has 0 spiro atoms. The maximum absolute atomic E-state index is 13.2. The molecule has 18 heteroatoms. The molecular formula is C11H7F17O. The fraction of sp³-hybridized carbons (Fsp3) is 1.00. The standard InChI is InChI=1S/C11H7F17O/c12-4(13,2-1-3-29)5(14,15)6(16,17)7(18,19)8(20,21)9(22,23)10(24,25)11(26,27)28/h29H,1-3H2. The Labute approximate surface area is 148 Å². The molecule has 0 atom stereocenters. The van der Waals surface area contributed by atoms with Gasteiger partial charge in [-0.2, -0.15) is 74.6 Å². The zero-order valence-electron chi connectivity index (χ0n) is 13.0. The highest BCUT2D eigenvalue weighted by molar-refractivity contribution is 5.15. The van der Waals surface area contributed by atoms with Crippen molar-refractivity contribution in [2.24, 2.45) is 0 Å². The molecule has 0 aromatic carbocycles. The van der Waals surface area contributed by atoms with E-state index in [2.05, 4.69) is 0 Å². The van der Waals surface area contributed by atoms with Crippen LogP contribution >= 0.6 is 0 Å². The van der Waals surface area contributed by atoms with Crippen molar-refractivity contribution in [1.82, 2.24) is 0 Å². The van der Waals surface area contributed by atoms with Gasteiger partial charge in [0, 0.05) is 13.0 Å². The summed E-state index contributed by atoms with van der Waals surface area (Å²) in [7, 11) is 0. The Bertz CT molecular complexity index is 574. The molecular weight excluding hydrogens is 471 g/mol. The van der Waals surface area contributed by atoms with Crippen LogP contribution in [0.2, 0.25) is 0 Å². The summed E-state index contributed by atoms with van der Waals surface area (Å²) in [5.41, 5.74) is 0. The Balaban J connectivity index is 6.57. The zero-order chi connectivity index (χ0) is 24.1. The zero-order valence-corrected chi connectivity index (χ0v) is 13.0. The first-order valence-electron chi connectivity index (χ1n) is 6.63. The number of hydrogen-bond acceptors (Lipinski definition) is 1. The second-order valence-corrected chi connectivity index (χ2v) is 5.48. The first-order chi connectivity index (χ1) is 12.3. The number of halogens is 17. The summed E-state index contributed by atoms with van der Waals surface area (Å²) in [6, 6.07) is 0. The number of aliphatic hydroxyl groups is 1. The lowest BCUT2D eigenvalue weighted by atomic mass is 9.88. The van der Waals surface area contributed by atoms with E-state index in [0.717, 1.165) is 0 Å². The number of hydrogen-bond donors (Lipinski definition) is 1. The summed E-state index contributed by atoms with van der Waals surface area (Å²) in [4.78, 5) is 0. The molecule has 0 aromatic rings. The predicted molar refractivity (Wildman–Crippen MR) is 57.0 cm³/mol. The lowest BCUT2D eigenvalue weighted by Gasteiger charge is -2.42. The van der Waals surface area contributed by atoms with Gasteiger partial charge in [0.05, 0.1) is 0 Å². The van der Waals surface area contributed by atoms with Crippen molar-refractivity contribution in [2.45, 2.75) is 60.5 Å². The maximum Gasteiger partial charge on any atom is 0.460 e. The van der Waals surface area contributed by atoms with E-state index < -0.39 is 67.1 Å². The van der Waals surface area contributed by atoms with E-state index in [1.54, 1.807) is 0 Å². The van der Waals surface area contributed by atoms with Gasteiger partial charge in [-0.05, 0) is 6.42 Å². The van der Waals surface area contributed by atoms with Gasteiger partial charge in [-0.25, -0.2) is 0 Å². The summed E-state index contributed by atoms with van der Waals surface area (Å²) in [5, 5.41) is 8.14. The highest BCUT2D eigenvalue weighted by Crippen LogP contribution is 2.64. The van der Waals surface area contributed by atoms with Crippen LogP contribution in [-0.2, 0) is 0 Å². The summed E-state index contributed by atoms with van der Waals surface area (Å²) in [6.07, 6.45) is -11.9. The van der Waals surface area contributed by atoms with Crippen molar-refractivity contribution in [3.8, 4) is 0 Å². The van der Waals surface area contributed by atoms with Gasteiger partial charge in [-0.3, -0.25) is 0 Å². The number of rotatable bonds is 9. The quantitative estimate of drug-likeness (QED) is 0.418. The van der Waals surface area contributed by atoms with E-state index in [1.807, 2.05) is 0 Å². The monoisotopic (exact) mass is 478 g/mol. The summed E-state index contributed by atoms with van der Waals surface area (Å²) < 4.78 is 218. The molecule has 0 amide bonds. The Kier molecular flexibility index (Phi) is 6.87. The van der Waals surface area contributed by atoms with E-state index >= 15 is 0 Å². The van der Waals surface area contributed by atoms with Crippen LogP contribution in [0.25, 0.3) is 0 Å². The number of aliphatic hydroxyl groups excluding tert-OH is 1. The van der Waals surface area contributed by atoms with Crippen LogP contribution in [0, 0.1) is 0 Å². The molecule has 0 aromatic heterocycles. The molecule has 1 N–H and O–H groups in total. The van der Waals surface area contributed by atoms with Gasteiger partial charge in [0.1, 0.15) is 0 Å². The first-order valence-corrected chi connectivity index (χ1v) is 6.63. The smallest absolute Gasteiger partial charge is 0.396 e. The summed E-state index contributed by atoms with van der Waals surface area (Å²) in [6.45, 7) is -1.46. The topological polar surface area (TPSA) is 20.2 Å². The van der Waals surface area contributed by atoms with Crippen LogP contribution in [0.1, 0.15) is 12.8 Å². The minimum Gasteiger partial charge on any atom is -0.396 e. The van der Waals surface area contributed by atoms with Crippen molar-refractivity contribution >= 4 is 0 Å². The summed E-state index contributed by atoms with van der Waals surface area (Å²) >= 11 is 0. The molecule has 0 radical (unpaired) electrons. The lowest BCUT2D eigenvalue weighted by Crippen LogP contribution is -2.74. The van der Waals surface area contributed by atoms with Crippen LogP contribution in [0.15, 0.2) is 0 Å². The molecule has 0 saturated heterocycles. The Morgan fingerprint density at radius 1 is 0.414 bits per heavy atom. The molecule has 176 valence electrons. The highest BCUT2D eigenvalue weighted by atomic mass is 19.4. The van der Waals surface area contributed by atoms with E-state index in [1.165, 1.54) is 0 Å². The minimum atomic E-state index is -8.61. The van der Waals surface area contributed by atoms with Crippen LogP contribution in [0.4, 0.5) is 74.6 Å². The van der Waals surface area contributed by atoms with E-state index in [-0.39, 0.29) is 0 Å².